The zero-order valence-corrected chi connectivity index (χ0v) is 8.64. The fraction of sp³-hybridized carbons (Fsp3) is 0.125. The molecule has 5 N–H and O–H groups in total. The lowest BCUT2D eigenvalue weighted by Gasteiger charge is -2.06. The summed E-state index contributed by atoms with van der Waals surface area (Å²) in [7, 11) is 0. The molecule has 1 rings (SSSR count). The van der Waals surface area contributed by atoms with E-state index in [0.717, 1.165) is 0 Å². The van der Waals surface area contributed by atoms with E-state index < -0.39 is 17.8 Å². The first-order valence-electron chi connectivity index (χ1n) is 4.48. The summed E-state index contributed by atoms with van der Waals surface area (Å²) < 4.78 is 0. The molecule has 0 aromatic carbocycles. The number of hydrogen-bond donors (Lipinski definition) is 4. The van der Waals surface area contributed by atoms with Crippen LogP contribution in [0.2, 0.25) is 0 Å². The number of nitrogens with zero attached hydrogens (tertiary/aromatic N) is 2. The molecule has 0 aliphatic heterocycles. The molecule has 0 aliphatic rings. The van der Waals surface area contributed by atoms with Gasteiger partial charge in [-0.05, 0) is 0 Å². The van der Waals surface area contributed by atoms with Crippen molar-refractivity contribution in [2.24, 2.45) is 5.73 Å². The van der Waals surface area contributed by atoms with E-state index in [9.17, 15) is 14.4 Å². The topological polar surface area (TPSA) is 139 Å². The highest BCUT2D eigenvalue weighted by Crippen LogP contribution is 1.87. The summed E-state index contributed by atoms with van der Waals surface area (Å²) in [6.45, 7) is -0.337. The summed E-state index contributed by atoms with van der Waals surface area (Å²) in [5, 5.41) is 2.06. The largest absolute Gasteiger partial charge is 0.352 e. The van der Waals surface area contributed by atoms with Crippen LogP contribution < -0.4 is 21.9 Å². The molecule has 0 saturated carbocycles. The molecule has 9 heteroatoms. The second-order valence-electron chi connectivity index (χ2n) is 2.81. The Morgan fingerprint density at radius 1 is 1.24 bits per heavy atom. The van der Waals surface area contributed by atoms with Gasteiger partial charge in [0, 0.05) is 12.4 Å². The average molecular weight is 238 g/mol. The van der Waals surface area contributed by atoms with Gasteiger partial charge in [-0.3, -0.25) is 25.4 Å². The third-order valence-corrected chi connectivity index (χ3v) is 1.53. The van der Waals surface area contributed by atoms with E-state index in [1.807, 2.05) is 0 Å². The van der Waals surface area contributed by atoms with E-state index in [4.69, 9.17) is 5.73 Å². The molecular weight excluding hydrogens is 228 g/mol. The number of primary amides is 1. The molecule has 90 valence electrons. The summed E-state index contributed by atoms with van der Waals surface area (Å²) in [4.78, 5) is 40.1. The van der Waals surface area contributed by atoms with Gasteiger partial charge < -0.3 is 11.1 Å². The van der Waals surface area contributed by atoms with Gasteiger partial charge in [0.1, 0.15) is 12.2 Å². The van der Waals surface area contributed by atoms with Crippen LogP contribution in [0.3, 0.4) is 0 Å². The molecule has 4 amide bonds. The van der Waals surface area contributed by atoms with Gasteiger partial charge in [0.2, 0.25) is 0 Å². The highest BCUT2D eigenvalue weighted by molar-refractivity contribution is 5.93. The average Bonchev–Trinajstić information content (AvgIpc) is 2.34. The summed E-state index contributed by atoms with van der Waals surface area (Å²) >= 11 is 0. The van der Waals surface area contributed by atoms with Gasteiger partial charge in [-0.25, -0.2) is 9.78 Å². The number of aromatic nitrogens is 2. The minimum atomic E-state index is -0.833. The maximum absolute atomic E-state index is 11.3. The van der Waals surface area contributed by atoms with Crippen molar-refractivity contribution in [2.45, 2.75) is 0 Å². The molecule has 0 spiro atoms. The zero-order chi connectivity index (χ0) is 12.7. The van der Waals surface area contributed by atoms with Crippen LogP contribution >= 0.6 is 0 Å². The Bertz CT molecular complexity index is 421. The van der Waals surface area contributed by atoms with Gasteiger partial charge in [-0.15, -0.1) is 0 Å². The van der Waals surface area contributed by atoms with Crippen LogP contribution in [0.15, 0.2) is 18.6 Å². The lowest BCUT2D eigenvalue weighted by Crippen LogP contribution is -2.47. The zero-order valence-electron chi connectivity index (χ0n) is 8.64. The molecule has 0 saturated heterocycles. The van der Waals surface area contributed by atoms with Gasteiger partial charge in [0.05, 0.1) is 6.20 Å². The van der Waals surface area contributed by atoms with Crippen LogP contribution in [0.1, 0.15) is 10.5 Å². The molecule has 0 aliphatic carbocycles. The number of nitrogens with one attached hydrogen (secondary N) is 3. The van der Waals surface area contributed by atoms with Crippen molar-refractivity contribution in [3.05, 3.63) is 24.3 Å². The van der Waals surface area contributed by atoms with Crippen LogP contribution in [-0.4, -0.2) is 34.4 Å². The standard InChI is InChI=1S/C8H10N6O3/c9-8(17)12-4-6(15)13-14-7(16)5-3-10-1-2-11-5/h1-3H,4H2,(H,13,15)(H,14,16)(H3,9,12,17). The molecular formula is C8H10N6O3. The molecule has 0 unspecified atom stereocenters. The maximum atomic E-state index is 11.3. The Hall–Kier alpha value is -2.71. The SMILES string of the molecule is NC(=O)NCC(=O)NNC(=O)c1cnccn1. The Balaban J connectivity index is 2.34. The fourth-order valence-corrected chi connectivity index (χ4v) is 0.818. The molecule has 1 aromatic heterocycles. The molecule has 0 atom stereocenters. The van der Waals surface area contributed by atoms with Crippen LogP contribution in [0.25, 0.3) is 0 Å². The number of hydrogen-bond acceptors (Lipinski definition) is 5. The Morgan fingerprint density at radius 3 is 2.59 bits per heavy atom. The number of urea groups is 1. The predicted octanol–water partition coefficient (Wildman–Crippen LogP) is -2.09. The summed E-state index contributed by atoms with van der Waals surface area (Å²) in [6.07, 6.45) is 3.99. The molecule has 9 nitrogen and oxygen atoms in total. The van der Waals surface area contributed by atoms with E-state index in [1.165, 1.54) is 18.6 Å². The molecule has 17 heavy (non-hydrogen) atoms. The normalized spacial score (nSPS) is 9.18. The molecule has 1 heterocycles. The molecule has 0 bridgehead atoms. The van der Waals surface area contributed by atoms with Crippen LogP contribution in [-0.2, 0) is 4.79 Å². The van der Waals surface area contributed by atoms with Gasteiger partial charge in [0.25, 0.3) is 11.8 Å². The number of hydrazine groups is 1. The molecule has 0 fully saturated rings. The van der Waals surface area contributed by atoms with E-state index >= 15 is 0 Å². The van der Waals surface area contributed by atoms with Crippen molar-refractivity contribution < 1.29 is 14.4 Å². The van der Waals surface area contributed by atoms with Crippen molar-refractivity contribution >= 4 is 17.8 Å². The quantitative estimate of drug-likeness (QED) is 0.447. The maximum Gasteiger partial charge on any atom is 0.312 e. The third-order valence-electron chi connectivity index (χ3n) is 1.53. The van der Waals surface area contributed by atoms with Crippen LogP contribution in [0.4, 0.5) is 4.79 Å². The fourth-order valence-electron chi connectivity index (χ4n) is 0.818. The monoisotopic (exact) mass is 238 g/mol. The van der Waals surface area contributed by atoms with Gasteiger partial charge >= 0.3 is 6.03 Å². The number of carbonyl (C=O) groups is 3. The smallest absolute Gasteiger partial charge is 0.312 e. The third kappa shape index (κ3) is 4.55. The molecule has 1 aromatic rings. The molecule has 0 radical (unpaired) electrons. The summed E-state index contributed by atoms with van der Waals surface area (Å²) in [5.41, 5.74) is 8.95. The summed E-state index contributed by atoms with van der Waals surface area (Å²) in [5.74, 6) is -1.24. The van der Waals surface area contributed by atoms with Crippen molar-refractivity contribution in [3.8, 4) is 0 Å². The predicted molar refractivity (Wildman–Crippen MR) is 55.2 cm³/mol. The van der Waals surface area contributed by atoms with E-state index in [-0.39, 0.29) is 12.2 Å². The first-order valence-corrected chi connectivity index (χ1v) is 4.48. The number of carbonyl (C=O) groups excluding carboxylic acids is 3. The highest BCUT2D eigenvalue weighted by Gasteiger charge is 2.08. The van der Waals surface area contributed by atoms with Crippen LogP contribution in [0.5, 0.6) is 0 Å². The van der Waals surface area contributed by atoms with Crippen molar-refractivity contribution in [1.82, 2.24) is 26.1 Å². The van der Waals surface area contributed by atoms with Gasteiger partial charge in [-0.1, -0.05) is 0 Å². The van der Waals surface area contributed by atoms with E-state index in [2.05, 4.69) is 26.1 Å². The minimum absolute atomic E-state index is 0.0515. The highest BCUT2D eigenvalue weighted by atomic mass is 16.2. The Morgan fingerprint density at radius 2 is 2.00 bits per heavy atom. The summed E-state index contributed by atoms with van der Waals surface area (Å²) in [6, 6.07) is -0.833. The first kappa shape index (κ1) is 12.4. The second-order valence-corrected chi connectivity index (χ2v) is 2.81. The number of nitrogens with two attached hydrogens (primary N) is 1. The van der Waals surface area contributed by atoms with E-state index in [1.54, 1.807) is 0 Å². The Kier molecular flexibility index (Phi) is 4.36. The van der Waals surface area contributed by atoms with E-state index in [0.29, 0.717) is 0 Å². The van der Waals surface area contributed by atoms with Gasteiger partial charge in [-0.2, -0.15) is 0 Å². The first-order chi connectivity index (χ1) is 8.09. The van der Waals surface area contributed by atoms with Gasteiger partial charge in [0.15, 0.2) is 0 Å². The Labute approximate surface area is 95.8 Å². The van der Waals surface area contributed by atoms with Crippen molar-refractivity contribution in [1.29, 1.82) is 0 Å². The lowest BCUT2D eigenvalue weighted by molar-refractivity contribution is -0.120. The number of amides is 4. The second kappa shape index (κ2) is 6.00. The minimum Gasteiger partial charge on any atom is -0.352 e. The van der Waals surface area contributed by atoms with Crippen LogP contribution in [0, 0.1) is 0 Å². The van der Waals surface area contributed by atoms with Crippen molar-refractivity contribution in [3.63, 3.8) is 0 Å². The number of rotatable bonds is 3. The lowest BCUT2D eigenvalue weighted by atomic mass is 10.4. The van der Waals surface area contributed by atoms with Crippen molar-refractivity contribution in [2.75, 3.05) is 6.54 Å².